The van der Waals surface area contributed by atoms with Gasteiger partial charge in [-0.15, -0.1) is 30.6 Å². The first-order chi connectivity index (χ1) is 9.16. The fourth-order valence-electron chi connectivity index (χ4n) is 1.20. The van der Waals surface area contributed by atoms with Crippen molar-refractivity contribution in [1.29, 1.82) is 0 Å². The van der Waals surface area contributed by atoms with Crippen LogP contribution in [0.15, 0.2) is 10.2 Å². The van der Waals surface area contributed by atoms with Gasteiger partial charge in [-0.05, 0) is 0 Å². The Balaban J connectivity index is 2.14. The number of nitrogens with zero attached hydrogens (tertiary/aromatic N) is 6. The van der Waals surface area contributed by atoms with Crippen LogP contribution in [-0.4, -0.2) is 20.4 Å². The second kappa shape index (κ2) is 5.25. The van der Waals surface area contributed by atoms with Crippen LogP contribution in [0.2, 0.25) is 0 Å². The van der Waals surface area contributed by atoms with Crippen LogP contribution in [0.3, 0.4) is 0 Å². The summed E-state index contributed by atoms with van der Waals surface area (Å²) in [6.07, 6.45) is 0. The third kappa shape index (κ3) is 3.63. The molecule has 0 N–H and O–H groups in total. The summed E-state index contributed by atoms with van der Waals surface area (Å²) in [6.45, 7) is 12.6. The Hall–Kier alpha value is -1.28. The quantitative estimate of drug-likeness (QED) is 0.770. The van der Waals surface area contributed by atoms with E-state index in [1.807, 2.05) is 0 Å². The smallest absolute Gasteiger partial charge is 0.141 e. The SMILES string of the molecule is CC(C)(C)c1nnc(/N=N/c2nnc(C(C)(C)C)s2)s1. The monoisotopic (exact) mass is 310 g/mol. The van der Waals surface area contributed by atoms with Gasteiger partial charge in [-0.3, -0.25) is 0 Å². The molecule has 2 aromatic rings. The lowest BCUT2D eigenvalue weighted by atomic mass is 9.98. The number of aromatic nitrogens is 4. The maximum atomic E-state index is 4.13. The standard InChI is InChI=1S/C12H18N6S2/c1-11(2,3)7-13-15-9(19-7)17-18-10-16-14-8(20-10)12(4,5)6/h1-6H3/b18-17+. The lowest BCUT2D eigenvalue weighted by Crippen LogP contribution is -2.10. The number of hydrogen-bond acceptors (Lipinski definition) is 8. The predicted molar refractivity (Wildman–Crippen MR) is 81.4 cm³/mol. The Bertz CT molecular complexity index is 560. The highest BCUT2D eigenvalue weighted by Crippen LogP contribution is 2.32. The average Bonchev–Trinajstić information content (AvgIpc) is 2.94. The molecule has 20 heavy (non-hydrogen) atoms. The van der Waals surface area contributed by atoms with Crippen LogP contribution in [0, 0.1) is 0 Å². The minimum Gasteiger partial charge on any atom is -0.141 e. The molecule has 0 saturated heterocycles. The van der Waals surface area contributed by atoms with Gasteiger partial charge >= 0.3 is 0 Å². The third-order valence-electron chi connectivity index (χ3n) is 2.33. The molecule has 0 aliphatic rings. The molecule has 0 fully saturated rings. The molecule has 0 spiro atoms. The summed E-state index contributed by atoms with van der Waals surface area (Å²) in [6, 6.07) is 0. The second-order valence-electron chi connectivity index (χ2n) is 6.48. The van der Waals surface area contributed by atoms with E-state index in [2.05, 4.69) is 72.2 Å². The molecule has 8 heteroatoms. The van der Waals surface area contributed by atoms with Gasteiger partial charge in [-0.2, -0.15) is 0 Å². The second-order valence-corrected chi connectivity index (χ2v) is 8.39. The molecule has 2 aromatic heterocycles. The Kier molecular flexibility index (Phi) is 3.97. The average molecular weight is 310 g/mol. The highest BCUT2D eigenvalue weighted by Gasteiger charge is 2.20. The molecule has 0 unspecified atom stereocenters. The van der Waals surface area contributed by atoms with Crippen molar-refractivity contribution in [2.45, 2.75) is 52.4 Å². The highest BCUT2D eigenvalue weighted by atomic mass is 32.1. The molecular weight excluding hydrogens is 292 g/mol. The first kappa shape index (κ1) is 15.1. The minimum absolute atomic E-state index is 0.0203. The van der Waals surface area contributed by atoms with Gasteiger partial charge in [0.05, 0.1) is 0 Å². The van der Waals surface area contributed by atoms with E-state index in [0.717, 1.165) is 10.0 Å². The van der Waals surface area contributed by atoms with Gasteiger partial charge in [0.1, 0.15) is 10.0 Å². The van der Waals surface area contributed by atoms with E-state index in [4.69, 9.17) is 0 Å². The van der Waals surface area contributed by atoms with E-state index >= 15 is 0 Å². The summed E-state index contributed by atoms with van der Waals surface area (Å²) in [4.78, 5) is 0. The van der Waals surface area contributed by atoms with Crippen molar-refractivity contribution in [2.75, 3.05) is 0 Å². The number of azo groups is 1. The zero-order valence-corrected chi connectivity index (χ0v) is 14.1. The Morgan fingerprint density at radius 2 is 1.00 bits per heavy atom. The number of rotatable bonds is 2. The van der Waals surface area contributed by atoms with E-state index < -0.39 is 0 Å². The summed E-state index contributed by atoms with van der Waals surface area (Å²) in [5, 5.41) is 27.4. The van der Waals surface area contributed by atoms with Crippen LogP contribution in [0.4, 0.5) is 10.3 Å². The Labute approximate surface area is 126 Å². The van der Waals surface area contributed by atoms with Crippen molar-refractivity contribution in [1.82, 2.24) is 20.4 Å². The predicted octanol–water partition coefficient (Wildman–Crippen LogP) is 4.40. The molecule has 0 saturated carbocycles. The van der Waals surface area contributed by atoms with Crippen LogP contribution in [0.25, 0.3) is 0 Å². The first-order valence-corrected chi connectivity index (χ1v) is 7.89. The van der Waals surface area contributed by atoms with E-state index in [1.165, 1.54) is 22.7 Å². The molecule has 0 aromatic carbocycles. The molecule has 6 nitrogen and oxygen atoms in total. The largest absolute Gasteiger partial charge is 0.251 e. The lowest BCUT2D eigenvalue weighted by Gasteiger charge is -2.11. The highest BCUT2D eigenvalue weighted by molar-refractivity contribution is 7.15. The van der Waals surface area contributed by atoms with E-state index in [-0.39, 0.29) is 10.8 Å². The molecular formula is C12H18N6S2. The van der Waals surface area contributed by atoms with Gasteiger partial charge < -0.3 is 0 Å². The van der Waals surface area contributed by atoms with Crippen LogP contribution >= 0.6 is 22.7 Å². The molecule has 2 rings (SSSR count). The fourth-order valence-corrected chi connectivity index (χ4v) is 2.65. The Morgan fingerprint density at radius 1 is 0.650 bits per heavy atom. The van der Waals surface area contributed by atoms with Crippen molar-refractivity contribution in [3.63, 3.8) is 0 Å². The fraction of sp³-hybridized carbons (Fsp3) is 0.667. The van der Waals surface area contributed by atoms with Crippen LogP contribution in [0.1, 0.15) is 51.6 Å². The van der Waals surface area contributed by atoms with E-state index in [0.29, 0.717) is 10.3 Å². The minimum atomic E-state index is -0.0203. The summed E-state index contributed by atoms with van der Waals surface area (Å²) >= 11 is 2.89. The van der Waals surface area contributed by atoms with Crippen LogP contribution < -0.4 is 0 Å². The normalized spacial score (nSPS) is 13.3. The lowest BCUT2D eigenvalue weighted by molar-refractivity contribution is 0.578. The van der Waals surface area contributed by atoms with Gasteiger partial charge in [-0.1, -0.05) is 64.2 Å². The topological polar surface area (TPSA) is 76.3 Å². The molecule has 108 valence electrons. The van der Waals surface area contributed by atoms with Crippen LogP contribution in [0.5, 0.6) is 0 Å². The van der Waals surface area contributed by atoms with E-state index in [1.54, 1.807) is 0 Å². The van der Waals surface area contributed by atoms with Gasteiger partial charge in [0.15, 0.2) is 0 Å². The van der Waals surface area contributed by atoms with Crippen molar-refractivity contribution in [3.05, 3.63) is 10.0 Å². The summed E-state index contributed by atoms with van der Waals surface area (Å²) in [5.41, 5.74) is -0.0405. The molecule has 2 heterocycles. The molecule has 0 amide bonds. The van der Waals surface area contributed by atoms with Crippen molar-refractivity contribution in [2.24, 2.45) is 10.2 Å². The summed E-state index contributed by atoms with van der Waals surface area (Å²) in [5.74, 6) is 0. The number of hydrogen-bond donors (Lipinski definition) is 0. The van der Waals surface area contributed by atoms with Gasteiger partial charge in [0, 0.05) is 10.8 Å². The molecule has 0 aliphatic carbocycles. The van der Waals surface area contributed by atoms with Gasteiger partial charge in [0.25, 0.3) is 10.3 Å². The van der Waals surface area contributed by atoms with Gasteiger partial charge in [-0.25, -0.2) is 0 Å². The van der Waals surface area contributed by atoms with Gasteiger partial charge in [0.2, 0.25) is 0 Å². The summed E-state index contributed by atoms with van der Waals surface area (Å²) < 4.78 is 0. The molecule has 0 atom stereocenters. The van der Waals surface area contributed by atoms with Crippen LogP contribution in [-0.2, 0) is 10.8 Å². The molecule has 0 radical (unpaired) electrons. The third-order valence-corrected chi connectivity index (χ3v) is 4.80. The van der Waals surface area contributed by atoms with Crippen molar-refractivity contribution in [3.8, 4) is 0 Å². The molecule has 0 aliphatic heterocycles. The summed E-state index contributed by atoms with van der Waals surface area (Å²) in [7, 11) is 0. The molecule has 0 bridgehead atoms. The Morgan fingerprint density at radius 3 is 1.25 bits per heavy atom. The maximum Gasteiger partial charge on any atom is 0.251 e. The van der Waals surface area contributed by atoms with Crippen molar-refractivity contribution >= 4 is 32.9 Å². The zero-order chi connectivity index (χ0) is 15.0. The zero-order valence-electron chi connectivity index (χ0n) is 12.5. The maximum absolute atomic E-state index is 4.13. The van der Waals surface area contributed by atoms with E-state index in [9.17, 15) is 0 Å². The van der Waals surface area contributed by atoms with Crippen molar-refractivity contribution < 1.29 is 0 Å². The first-order valence-electron chi connectivity index (χ1n) is 6.26.